The number of rotatable bonds is 6. The molecule has 0 heterocycles. The van der Waals surface area contributed by atoms with Gasteiger partial charge in [-0.2, -0.15) is 0 Å². The quantitative estimate of drug-likeness (QED) is 0.643. The Morgan fingerprint density at radius 1 is 1.24 bits per heavy atom. The van der Waals surface area contributed by atoms with Crippen LogP contribution in [0.1, 0.15) is 12.0 Å². The summed E-state index contributed by atoms with van der Waals surface area (Å²) in [5, 5.41) is 10.7. The first-order valence-electron chi connectivity index (χ1n) is 5.21. The molecule has 0 spiro atoms. The van der Waals surface area contributed by atoms with Crippen LogP contribution in [0.4, 0.5) is 0 Å². The lowest BCUT2D eigenvalue weighted by Crippen LogP contribution is -2.43. The Balaban J connectivity index is 3.09. The third-order valence-corrected chi connectivity index (χ3v) is 3.14. The molecule has 0 fully saturated rings. The maximum atomic E-state index is 10.1. The number of halogens is 2. The van der Waals surface area contributed by atoms with E-state index in [2.05, 4.69) is 0 Å². The van der Waals surface area contributed by atoms with Crippen molar-refractivity contribution in [1.82, 2.24) is 0 Å². The van der Waals surface area contributed by atoms with Crippen molar-refractivity contribution in [3.8, 4) is 0 Å². The fraction of sp³-hybridized carbons (Fsp3) is 0.500. The van der Waals surface area contributed by atoms with Gasteiger partial charge in [-0.15, -0.1) is 11.6 Å². The van der Waals surface area contributed by atoms with Crippen LogP contribution in [0.15, 0.2) is 24.3 Å². The van der Waals surface area contributed by atoms with Crippen LogP contribution >= 0.6 is 23.2 Å². The molecule has 0 unspecified atom stereocenters. The number of alkyl halides is 1. The van der Waals surface area contributed by atoms with Crippen molar-refractivity contribution in [2.75, 3.05) is 20.1 Å². The van der Waals surface area contributed by atoms with E-state index in [1.54, 1.807) is 24.3 Å². The lowest BCUT2D eigenvalue weighted by atomic mass is 9.98. The second-order valence-corrected chi connectivity index (χ2v) is 4.39. The molecule has 5 heteroatoms. The first kappa shape index (κ1) is 14.7. The zero-order valence-corrected chi connectivity index (χ0v) is 11.3. The van der Waals surface area contributed by atoms with Crippen LogP contribution in [-0.4, -0.2) is 31.3 Å². The largest absolute Gasteiger partial charge is 0.387 e. The van der Waals surface area contributed by atoms with Crippen molar-refractivity contribution < 1.29 is 14.6 Å². The molecule has 1 N–H and O–H groups in total. The summed E-state index contributed by atoms with van der Waals surface area (Å²) in [6.45, 7) is 0. The fourth-order valence-electron chi connectivity index (χ4n) is 1.76. The second-order valence-electron chi connectivity index (χ2n) is 3.58. The van der Waals surface area contributed by atoms with Gasteiger partial charge in [0.05, 0.1) is 0 Å². The second kappa shape index (κ2) is 6.57. The predicted octanol–water partition coefficient (Wildman–Crippen LogP) is 2.78. The van der Waals surface area contributed by atoms with Crippen LogP contribution in [0, 0.1) is 0 Å². The van der Waals surface area contributed by atoms with E-state index in [0.717, 1.165) is 0 Å². The number of hydrogen-bond donors (Lipinski definition) is 1. The molecule has 0 aromatic heterocycles. The summed E-state index contributed by atoms with van der Waals surface area (Å²) in [5.41, 5.74) is 0.699. The van der Waals surface area contributed by atoms with E-state index in [-0.39, 0.29) is 0 Å². The number of ether oxygens (including phenoxy) is 2. The van der Waals surface area contributed by atoms with Gasteiger partial charge in [0, 0.05) is 30.7 Å². The van der Waals surface area contributed by atoms with Crippen molar-refractivity contribution >= 4 is 23.2 Å². The van der Waals surface area contributed by atoms with Crippen molar-refractivity contribution in [2.24, 2.45) is 0 Å². The van der Waals surface area contributed by atoms with Crippen molar-refractivity contribution in [3.63, 3.8) is 0 Å². The van der Waals surface area contributed by atoms with Crippen molar-refractivity contribution in [2.45, 2.75) is 18.3 Å². The maximum Gasteiger partial charge on any atom is 0.221 e. The van der Waals surface area contributed by atoms with E-state index in [1.165, 1.54) is 14.2 Å². The summed E-state index contributed by atoms with van der Waals surface area (Å²) in [7, 11) is 2.96. The Morgan fingerprint density at radius 3 is 2.18 bits per heavy atom. The SMILES string of the molecule is COC(OC)(c1ccc(Cl)cc1)[C@@H](O)CCCl. The van der Waals surface area contributed by atoms with E-state index in [9.17, 15) is 5.11 Å². The van der Waals surface area contributed by atoms with E-state index in [1.807, 2.05) is 0 Å². The molecular weight excluding hydrogens is 263 g/mol. The van der Waals surface area contributed by atoms with Gasteiger partial charge in [-0.05, 0) is 18.6 Å². The molecule has 1 aromatic carbocycles. The van der Waals surface area contributed by atoms with Gasteiger partial charge in [0.25, 0.3) is 0 Å². The normalized spacial score (nSPS) is 13.7. The van der Waals surface area contributed by atoms with E-state index in [4.69, 9.17) is 32.7 Å². The number of hydrogen-bond acceptors (Lipinski definition) is 3. The Morgan fingerprint density at radius 2 is 1.76 bits per heavy atom. The van der Waals surface area contributed by atoms with E-state index >= 15 is 0 Å². The molecule has 0 radical (unpaired) electrons. The molecule has 0 aliphatic rings. The van der Waals surface area contributed by atoms with Crippen LogP contribution in [0.2, 0.25) is 5.02 Å². The van der Waals surface area contributed by atoms with E-state index < -0.39 is 11.9 Å². The van der Waals surface area contributed by atoms with Gasteiger partial charge in [0.15, 0.2) is 0 Å². The Hall–Kier alpha value is -0.320. The highest BCUT2D eigenvalue weighted by Crippen LogP contribution is 2.32. The van der Waals surface area contributed by atoms with Gasteiger partial charge >= 0.3 is 0 Å². The molecule has 0 bridgehead atoms. The summed E-state index contributed by atoms with van der Waals surface area (Å²) in [4.78, 5) is 0. The molecule has 0 aliphatic carbocycles. The Labute approximate surface area is 111 Å². The summed E-state index contributed by atoms with van der Waals surface area (Å²) in [6, 6.07) is 6.95. The third-order valence-electron chi connectivity index (χ3n) is 2.67. The lowest BCUT2D eigenvalue weighted by molar-refractivity contribution is -0.269. The van der Waals surface area contributed by atoms with Gasteiger partial charge in [-0.3, -0.25) is 0 Å². The van der Waals surface area contributed by atoms with Gasteiger partial charge in [-0.25, -0.2) is 0 Å². The fourth-order valence-corrected chi connectivity index (χ4v) is 2.09. The highest BCUT2D eigenvalue weighted by Gasteiger charge is 2.40. The minimum absolute atomic E-state index is 0.323. The molecule has 0 saturated carbocycles. The summed E-state index contributed by atoms with van der Waals surface area (Å²) in [6.07, 6.45) is -0.484. The average molecular weight is 279 g/mol. The first-order chi connectivity index (χ1) is 8.10. The summed E-state index contributed by atoms with van der Waals surface area (Å²) < 4.78 is 10.7. The zero-order valence-electron chi connectivity index (χ0n) is 9.82. The smallest absolute Gasteiger partial charge is 0.221 e. The van der Waals surface area contributed by atoms with Gasteiger partial charge in [0.1, 0.15) is 6.10 Å². The summed E-state index contributed by atoms with van der Waals surface area (Å²) >= 11 is 11.5. The molecule has 17 heavy (non-hydrogen) atoms. The maximum absolute atomic E-state index is 10.1. The van der Waals surface area contributed by atoms with Gasteiger partial charge < -0.3 is 14.6 Å². The van der Waals surface area contributed by atoms with Crippen LogP contribution in [0.3, 0.4) is 0 Å². The topological polar surface area (TPSA) is 38.7 Å². The minimum Gasteiger partial charge on any atom is -0.387 e. The van der Waals surface area contributed by atoms with Crippen LogP contribution in [0.25, 0.3) is 0 Å². The Kier molecular flexibility index (Phi) is 5.70. The highest BCUT2D eigenvalue weighted by molar-refractivity contribution is 6.30. The van der Waals surface area contributed by atoms with Crippen LogP contribution in [0.5, 0.6) is 0 Å². The monoisotopic (exact) mass is 278 g/mol. The van der Waals surface area contributed by atoms with Crippen LogP contribution < -0.4 is 0 Å². The van der Waals surface area contributed by atoms with Crippen molar-refractivity contribution in [3.05, 3.63) is 34.9 Å². The van der Waals surface area contributed by atoms with Crippen LogP contribution in [-0.2, 0) is 15.3 Å². The summed E-state index contributed by atoms with van der Waals surface area (Å²) in [5.74, 6) is -0.886. The minimum atomic E-state index is -1.21. The predicted molar refractivity (Wildman–Crippen MR) is 68.5 cm³/mol. The molecule has 0 aliphatic heterocycles. The Bertz CT molecular complexity index is 336. The number of aliphatic hydroxyl groups excluding tert-OH is 1. The molecule has 1 atom stereocenters. The standard InChI is InChI=1S/C12H16Cl2O3/c1-16-12(17-2,11(15)7-8-13)9-3-5-10(14)6-4-9/h3-6,11,15H,7-8H2,1-2H3/t11-/m0/s1. The molecule has 1 aromatic rings. The zero-order chi connectivity index (χ0) is 12.9. The van der Waals surface area contributed by atoms with Gasteiger partial charge in [-0.1, -0.05) is 23.7 Å². The number of methoxy groups -OCH3 is 2. The third kappa shape index (κ3) is 3.12. The number of aliphatic hydroxyl groups is 1. The molecule has 96 valence electrons. The van der Waals surface area contributed by atoms with Gasteiger partial charge in [0.2, 0.25) is 5.79 Å². The van der Waals surface area contributed by atoms with E-state index in [0.29, 0.717) is 22.9 Å². The lowest BCUT2D eigenvalue weighted by Gasteiger charge is -2.35. The molecule has 0 amide bonds. The average Bonchev–Trinajstić information content (AvgIpc) is 2.34. The first-order valence-corrected chi connectivity index (χ1v) is 6.12. The molecule has 1 rings (SSSR count). The molecular formula is C12H16Cl2O3. The molecule has 0 saturated heterocycles. The van der Waals surface area contributed by atoms with Crippen molar-refractivity contribution in [1.29, 1.82) is 0 Å². The number of benzene rings is 1. The highest BCUT2D eigenvalue weighted by atomic mass is 35.5. The molecule has 3 nitrogen and oxygen atoms in total.